The minimum absolute atomic E-state index is 0.0112. The van der Waals surface area contributed by atoms with Gasteiger partial charge in [0.1, 0.15) is 0 Å². The number of carbonyl (C=O) groups is 1. The maximum absolute atomic E-state index is 13.2. The second kappa shape index (κ2) is 7.59. The van der Waals surface area contributed by atoms with Crippen LogP contribution in [0.1, 0.15) is 29.7 Å². The summed E-state index contributed by atoms with van der Waals surface area (Å²) in [4.78, 5) is 40.4. The molecule has 2 aromatic rings. The van der Waals surface area contributed by atoms with Crippen LogP contribution < -0.4 is 16.6 Å². The van der Waals surface area contributed by atoms with E-state index < -0.39 is 0 Å². The molecule has 1 N–H and O–H groups in total. The Bertz CT molecular complexity index is 894. The molecule has 0 spiro atoms. The fraction of sp³-hybridized carbons (Fsp3) is 0.500. The van der Waals surface area contributed by atoms with Crippen LogP contribution in [0.4, 0.5) is 0 Å². The first kappa shape index (κ1) is 18.6. The van der Waals surface area contributed by atoms with Gasteiger partial charge in [0.25, 0.3) is 5.56 Å². The lowest BCUT2D eigenvalue weighted by molar-refractivity contribution is -0.135. The van der Waals surface area contributed by atoms with Crippen molar-refractivity contribution in [3.63, 3.8) is 0 Å². The number of aromatic nitrogens is 2. The molecule has 0 bridgehead atoms. The Labute approximate surface area is 155 Å². The maximum Gasteiger partial charge on any atom is 0.330 e. The highest BCUT2D eigenvalue weighted by Crippen LogP contribution is 2.25. The SMILES string of the molecule is C[C@@H](C(=O)N(Cc1cn(C)c(=O)n(C)c1=O)[C@@H]1CCNC1)c1cccs1. The quantitative estimate of drug-likeness (QED) is 0.831. The van der Waals surface area contributed by atoms with Gasteiger partial charge in [0, 0.05) is 37.8 Å². The zero-order valence-corrected chi connectivity index (χ0v) is 16.1. The van der Waals surface area contributed by atoms with Crippen LogP contribution in [0.5, 0.6) is 0 Å². The van der Waals surface area contributed by atoms with Crippen LogP contribution in [0.2, 0.25) is 0 Å². The normalized spacial score (nSPS) is 18.0. The van der Waals surface area contributed by atoms with Crippen LogP contribution in [0.15, 0.2) is 33.3 Å². The van der Waals surface area contributed by atoms with Gasteiger partial charge >= 0.3 is 5.69 Å². The minimum Gasteiger partial charge on any atom is -0.333 e. The summed E-state index contributed by atoms with van der Waals surface area (Å²) < 4.78 is 2.47. The van der Waals surface area contributed by atoms with Crippen molar-refractivity contribution in [1.29, 1.82) is 0 Å². The van der Waals surface area contributed by atoms with Crippen LogP contribution in [0.3, 0.4) is 0 Å². The summed E-state index contributed by atoms with van der Waals surface area (Å²) in [7, 11) is 3.08. The van der Waals surface area contributed by atoms with Gasteiger partial charge in [-0.2, -0.15) is 0 Å². The molecule has 26 heavy (non-hydrogen) atoms. The largest absolute Gasteiger partial charge is 0.333 e. The molecule has 0 aliphatic carbocycles. The first-order valence-electron chi connectivity index (χ1n) is 8.70. The predicted molar refractivity (Wildman–Crippen MR) is 101 cm³/mol. The van der Waals surface area contributed by atoms with Crippen molar-refractivity contribution in [3.05, 3.63) is 55.0 Å². The standard InChI is InChI=1S/C18H24N4O3S/c1-12(15-5-4-8-26-15)16(23)22(14-6-7-19-9-14)11-13-10-20(2)18(25)21(3)17(13)24/h4-5,8,10,12,14,19H,6-7,9,11H2,1-3H3/t12-,14-/m1/s1. The number of nitrogens with one attached hydrogen (secondary N) is 1. The van der Waals surface area contributed by atoms with Crippen LogP contribution in [0, 0.1) is 0 Å². The maximum atomic E-state index is 13.2. The number of carbonyl (C=O) groups excluding carboxylic acids is 1. The van der Waals surface area contributed by atoms with Crippen LogP contribution >= 0.6 is 11.3 Å². The predicted octanol–water partition coefficient (Wildman–Crippen LogP) is 0.640. The molecular formula is C18H24N4O3S. The van der Waals surface area contributed by atoms with Gasteiger partial charge in [0.15, 0.2) is 0 Å². The summed E-state index contributed by atoms with van der Waals surface area (Å²) >= 11 is 1.56. The van der Waals surface area contributed by atoms with E-state index in [-0.39, 0.29) is 35.7 Å². The lowest BCUT2D eigenvalue weighted by atomic mass is 10.1. The zero-order chi connectivity index (χ0) is 18.8. The molecule has 7 nitrogen and oxygen atoms in total. The molecular weight excluding hydrogens is 352 g/mol. The van der Waals surface area contributed by atoms with Gasteiger partial charge in [0.2, 0.25) is 5.91 Å². The van der Waals surface area contributed by atoms with Crippen molar-refractivity contribution in [2.45, 2.75) is 31.8 Å². The monoisotopic (exact) mass is 376 g/mol. The number of hydrogen-bond donors (Lipinski definition) is 1. The number of hydrogen-bond acceptors (Lipinski definition) is 5. The molecule has 0 unspecified atom stereocenters. The van der Waals surface area contributed by atoms with Crippen LogP contribution in [-0.4, -0.2) is 39.1 Å². The summed E-state index contributed by atoms with van der Waals surface area (Å²) in [5.74, 6) is -0.246. The molecule has 0 saturated carbocycles. The van der Waals surface area contributed by atoms with Crippen molar-refractivity contribution < 1.29 is 4.79 Å². The minimum atomic E-state index is -0.369. The van der Waals surface area contributed by atoms with E-state index >= 15 is 0 Å². The number of nitrogens with zero attached hydrogens (tertiary/aromatic N) is 3. The van der Waals surface area contributed by atoms with Gasteiger partial charge in [-0.1, -0.05) is 6.07 Å². The van der Waals surface area contributed by atoms with Crippen molar-refractivity contribution in [2.24, 2.45) is 14.1 Å². The molecule has 1 saturated heterocycles. The molecule has 0 radical (unpaired) electrons. The zero-order valence-electron chi connectivity index (χ0n) is 15.3. The highest BCUT2D eigenvalue weighted by Gasteiger charge is 2.31. The summed E-state index contributed by atoms with van der Waals surface area (Å²) in [6.07, 6.45) is 2.40. The second-order valence-corrected chi connectivity index (χ2v) is 7.74. The lowest BCUT2D eigenvalue weighted by Gasteiger charge is -2.31. The van der Waals surface area contributed by atoms with Crippen LogP contribution in [0.25, 0.3) is 0 Å². The van der Waals surface area contributed by atoms with E-state index in [9.17, 15) is 14.4 Å². The molecule has 3 rings (SSSR count). The van der Waals surface area contributed by atoms with E-state index in [0.717, 1.165) is 29.0 Å². The highest BCUT2D eigenvalue weighted by molar-refractivity contribution is 7.10. The summed E-state index contributed by atoms with van der Waals surface area (Å²) in [5, 5.41) is 5.25. The molecule has 1 fully saturated rings. The van der Waals surface area contributed by atoms with E-state index in [2.05, 4.69) is 5.32 Å². The first-order valence-corrected chi connectivity index (χ1v) is 9.58. The molecule has 1 aliphatic heterocycles. The Morgan fingerprint density at radius 2 is 2.19 bits per heavy atom. The Balaban J connectivity index is 1.94. The van der Waals surface area contributed by atoms with Crippen molar-refractivity contribution in [1.82, 2.24) is 19.4 Å². The van der Waals surface area contributed by atoms with Crippen molar-refractivity contribution in [2.75, 3.05) is 13.1 Å². The first-order chi connectivity index (χ1) is 12.4. The van der Waals surface area contributed by atoms with Crippen molar-refractivity contribution >= 4 is 17.2 Å². The van der Waals surface area contributed by atoms with E-state index in [1.54, 1.807) is 29.5 Å². The highest BCUT2D eigenvalue weighted by atomic mass is 32.1. The molecule has 8 heteroatoms. The molecule has 2 atom stereocenters. The van der Waals surface area contributed by atoms with E-state index in [1.807, 2.05) is 24.4 Å². The molecule has 1 amide bonds. The summed E-state index contributed by atoms with van der Waals surface area (Å²) in [5.41, 5.74) is -0.264. The number of amides is 1. The number of rotatable bonds is 5. The lowest BCUT2D eigenvalue weighted by Crippen LogP contribution is -2.46. The third-order valence-electron chi connectivity index (χ3n) is 4.96. The Morgan fingerprint density at radius 3 is 2.81 bits per heavy atom. The van der Waals surface area contributed by atoms with E-state index in [4.69, 9.17) is 0 Å². The summed E-state index contributed by atoms with van der Waals surface area (Å²) in [6, 6.07) is 3.95. The third-order valence-corrected chi connectivity index (χ3v) is 6.01. The molecule has 2 aromatic heterocycles. The molecule has 0 aromatic carbocycles. The van der Waals surface area contributed by atoms with E-state index in [0.29, 0.717) is 5.56 Å². The van der Waals surface area contributed by atoms with Gasteiger partial charge in [-0.05, 0) is 31.3 Å². The van der Waals surface area contributed by atoms with E-state index in [1.165, 1.54) is 11.6 Å². The topological polar surface area (TPSA) is 76.3 Å². The van der Waals surface area contributed by atoms with Gasteiger partial charge in [-0.15, -0.1) is 11.3 Å². The van der Waals surface area contributed by atoms with Gasteiger partial charge in [0.05, 0.1) is 18.0 Å². The average Bonchev–Trinajstić information content (AvgIpc) is 3.34. The van der Waals surface area contributed by atoms with Gasteiger partial charge < -0.3 is 14.8 Å². The number of thiophene rings is 1. The average molecular weight is 376 g/mol. The van der Waals surface area contributed by atoms with Crippen LogP contribution in [-0.2, 0) is 25.4 Å². The second-order valence-electron chi connectivity index (χ2n) is 6.76. The molecule has 140 valence electrons. The van der Waals surface area contributed by atoms with Gasteiger partial charge in [-0.3, -0.25) is 14.2 Å². The smallest absolute Gasteiger partial charge is 0.330 e. The fourth-order valence-corrected chi connectivity index (χ4v) is 4.15. The fourth-order valence-electron chi connectivity index (χ4n) is 3.38. The Morgan fingerprint density at radius 1 is 1.42 bits per heavy atom. The molecule has 1 aliphatic rings. The Kier molecular flexibility index (Phi) is 5.43. The summed E-state index contributed by atoms with van der Waals surface area (Å²) in [6.45, 7) is 3.69. The van der Waals surface area contributed by atoms with Crippen molar-refractivity contribution in [3.8, 4) is 0 Å². The van der Waals surface area contributed by atoms with Gasteiger partial charge in [-0.25, -0.2) is 4.79 Å². The third kappa shape index (κ3) is 3.52. The Hall–Kier alpha value is -2.19. The molecule has 3 heterocycles. The number of aryl methyl sites for hydroxylation is 1.